The highest BCUT2D eigenvalue weighted by Crippen LogP contribution is 1.89. The first-order valence-corrected chi connectivity index (χ1v) is 1.86. The van der Waals surface area contributed by atoms with Crippen molar-refractivity contribution < 1.29 is 20.1 Å². The van der Waals surface area contributed by atoms with Crippen molar-refractivity contribution in [2.24, 2.45) is 5.73 Å². The highest BCUT2D eigenvalue weighted by atomic mass is 16.4. The van der Waals surface area contributed by atoms with Crippen LogP contribution in [0.25, 0.3) is 0 Å². The van der Waals surface area contributed by atoms with Crippen LogP contribution in [-0.4, -0.2) is 33.6 Å². The Bertz CT molecular complexity index is 99.5. The van der Waals surface area contributed by atoms with Gasteiger partial charge in [0.05, 0.1) is 6.61 Å². The summed E-state index contributed by atoms with van der Waals surface area (Å²) in [7, 11) is 0. The molecule has 8 heavy (non-hydrogen) atoms. The second kappa shape index (κ2) is 2.08. The van der Waals surface area contributed by atoms with Gasteiger partial charge in [-0.1, -0.05) is 0 Å². The molecular weight excluding hydrogens is 114 g/mol. The normalized spacial score (nSPS) is 17.4. The fourth-order valence-corrected chi connectivity index (χ4v) is 0.0676. The van der Waals surface area contributed by atoms with Crippen molar-refractivity contribution in [2.45, 2.75) is 5.72 Å². The second-order valence-corrected chi connectivity index (χ2v) is 1.39. The van der Waals surface area contributed by atoms with E-state index < -0.39 is 18.3 Å². The van der Waals surface area contributed by atoms with Gasteiger partial charge in [-0.15, -0.1) is 0 Å². The maximum absolute atomic E-state index is 9.72. The summed E-state index contributed by atoms with van der Waals surface area (Å²) >= 11 is 0. The quantitative estimate of drug-likeness (QED) is 0.308. The molecule has 0 aromatic rings. The number of carboxylic acid groups (broad SMARTS) is 1. The van der Waals surface area contributed by atoms with Gasteiger partial charge in [0.1, 0.15) is 0 Å². The van der Waals surface area contributed by atoms with E-state index in [0.717, 1.165) is 0 Å². The van der Waals surface area contributed by atoms with Crippen LogP contribution in [0.3, 0.4) is 0 Å². The van der Waals surface area contributed by atoms with Gasteiger partial charge in [0, 0.05) is 0 Å². The Labute approximate surface area is 45.4 Å². The van der Waals surface area contributed by atoms with Crippen molar-refractivity contribution in [3.8, 4) is 0 Å². The van der Waals surface area contributed by atoms with Crippen LogP contribution in [0, 0.1) is 0 Å². The maximum Gasteiger partial charge on any atom is 0.353 e. The lowest BCUT2D eigenvalue weighted by Crippen LogP contribution is -2.51. The molecule has 0 aliphatic rings. The molecule has 0 aliphatic carbocycles. The predicted molar refractivity (Wildman–Crippen MR) is 23.9 cm³/mol. The highest BCUT2D eigenvalue weighted by molar-refractivity contribution is 5.76. The summed E-state index contributed by atoms with van der Waals surface area (Å²) in [5.74, 6) is -1.64. The summed E-state index contributed by atoms with van der Waals surface area (Å²) in [4.78, 5) is 9.72. The second-order valence-electron chi connectivity index (χ2n) is 1.39. The molecule has 0 aliphatic heterocycles. The Kier molecular flexibility index (Phi) is 1.91. The number of carbonyl (C=O) groups is 1. The summed E-state index contributed by atoms with van der Waals surface area (Å²) in [6.07, 6.45) is 0. The molecule has 0 unspecified atom stereocenters. The summed E-state index contributed by atoms with van der Waals surface area (Å²) in [6, 6.07) is 0. The molecule has 0 bridgehead atoms. The Morgan fingerprint density at radius 3 is 2.12 bits per heavy atom. The molecule has 0 saturated heterocycles. The lowest BCUT2D eigenvalue weighted by Gasteiger charge is -2.12. The first-order valence-electron chi connectivity index (χ1n) is 1.86. The van der Waals surface area contributed by atoms with Gasteiger partial charge in [-0.3, -0.25) is 5.73 Å². The summed E-state index contributed by atoms with van der Waals surface area (Å²) < 4.78 is 0. The Balaban J connectivity index is 3.91. The van der Waals surface area contributed by atoms with Gasteiger partial charge >= 0.3 is 5.97 Å². The van der Waals surface area contributed by atoms with Crippen LogP contribution >= 0.6 is 0 Å². The molecule has 5 nitrogen and oxygen atoms in total. The van der Waals surface area contributed by atoms with E-state index in [9.17, 15) is 4.79 Å². The Hall–Kier alpha value is -0.650. The molecule has 5 N–H and O–H groups in total. The number of hydrogen-bond acceptors (Lipinski definition) is 4. The van der Waals surface area contributed by atoms with Crippen LogP contribution in [0.1, 0.15) is 0 Å². The molecule has 0 spiro atoms. The predicted octanol–water partition coefficient (Wildman–Crippen LogP) is -2.29. The zero-order valence-corrected chi connectivity index (χ0v) is 4.03. The minimum Gasteiger partial charge on any atom is -0.478 e. The van der Waals surface area contributed by atoms with Crippen molar-refractivity contribution in [1.29, 1.82) is 0 Å². The average Bonchev–Trinajstić information content (AvgIpc) is 1.67. The molecule has 48 valence electrons. The number of hydrogen-bond donors (Lipinski definition) is 4. The fourth-order valence-electron chi connectivity index (χ4n) is 0.0676. The van der Waals surface area contributed by atoms with Gasteiger partial charge in [0.15, 0.2) is 0 Å². The molecule has 0 rings (SSSR count). The van der Waals surface area contributed by atoms with Crippen LogP contribution in [-0.2, 0) is 4.79 Å². The number of nitrogens with two attached hydrogens (primary N) is 1. The third-order valence-electron chi connectivity index (χ3n) is 0.611. The molecule has 0 amide bonds. The van der Waals surface area contributed by atoms with Gasteiger partial charge in [-0.2, -0.15) is 0 Å². The third kappa shape index (κ3) is 1.45. The van der Waals surface area contributed by atoms with Gasteiger partial charge in [0.2, 0.25) is 5.72 Å². The topological polar surface area (TPSA) is 104 Å². The van der Waals surface area contributed by atoms with Crippen LogP contribution in [0.5, 0.6) is 0 Å². The number of rotatable bonds is 2. The molecule has 0 fully saturated rings. The third-order valence-corrected chi connectivity index (χ3v) is 0.611. The van der Waals surface area contributed by atoms with E-state index in [4.69, 9.17) is 15.3 Å². The maximum atomic E-state index is 9.72. The van der Waals surface area contributed by atoms with E-state index >= 15 is 0 Å². The van der Waals surface area contributed by atoms with Crippen LogP contribution in [0.4, 0.5) is 0 Å². The monoisotopic (exact) mass is 121 g/mol. The van der Waals surface area contributed by atoms with E-state index in [2.05, 4.69) is 5.73 Å². The van der Waals surface area contributed by atoms with Gasteiger partial charge in [0.25, 0.3) is 0 Å². The van der Waals surface area contributed by atoms with E-state index in [-0.39, 0.29) is 0 Å². The van der Waals surface area contributed by atoms with Gasteiger partial charge < -0.3 is 15.3 Å². The van der Waals surface area contributed by atoms with Crippen molar-refractivity contribution in [1.82, 2.24) is 0 Å². The van der Waals surface area contributed by atoms with E-state index in [0.29, 0.717) is 0 Å². The largest absolute Gasteiger partial charge is 0.478 e. The molecule has 5 heteroatoms. The van der Waals surface area contributed by atoms with Crippen molar-refractivity contribution in [2.75, 3.05) is 6.61 Å². The van der Waals surface area contributed by atoms with Crippen LogP contribution < -0.4 is 5.73 Å². The molecule has 0 heterocycles. The van der Waals surface area contributed by atoms with Crippen LogP contribution in [0.15, 0.2) is 0 Å². The standard InChI is InChI=1S/C3H7NO4/c4-3(8,1-5)2(6)7/h5,8H,1,4H2,(H,6,7)/t3-/m0/s1. The van der Waals surface area contributed by atoms with Crippen LogP contribution in [0.2, 0.25) is 0 Å². The fraction of sp³-hybridized carbons (Fsp3) is 0.667. The number of aliphatic carboxylic acids is 1. The minimum atomic E-state index is -2.49. The minimum absolute atomic E-state index is 0.984. The lowest BCUT2D eigenvalue weighted by atomic mass is 10.3. The zero-order valence-electron chi connectivity index (χ0n) is 4.03. The van der Waals surface area contributed by atoms with Gasteiger partial charge in [-0.05, 0) is 0 Å². The van der Waals surface area contributed by atoms with Gasteiger partial charge in [-0.25, -0.2) is 4.79 Å². The molecule has 1 atom stereocenters. The molecule has 0 saturated carbocycles. The van der Waals surface area contributed by atoms with E-state index in [1.807, 2.05) is 0 Å². The van der Waals surface area contributed by atoms with Crippen molar-refractivity contribution in [3.63, 3.8) is 0 Å². The smallest absolute Gasteiger partial charge is 0.353 e. The zero-order chi connectivity index (χ0) is 6.78. The molecule has 0 radical (unpaired) electrons. The number of carboxylic acids is 1. The molecular formula is C3H7NO4. The van der Waals surface area contributed by atoms with Crippen molar-refractivity contribution >= 4 is 5.97 Å². The highest BCUT2D eigenvalue weighted by Gasteiger charge is 2.29. The Morgan fingerprint density at radius 1 is 1.75 bits per heavy atom. The first-order chi connectivity index (χ1) is 3.50. The number of aliphatic hydroxyl groups is 2. The molecule has 0 aromatic heterocycles. The molecule has 0 aromatic carbocycles. The summed E-state index contributed by atoms with van der Waals surface area (Å²) in [5, 5.41) is 24.2. The Morgan fingerprint density at radius 2 is 2.12 bits per heavy atom. The number of aliphatic hydroxyl groups excluding tert-OH is 1. The lowest BCUT2D eigenvalue weighted by molar-refractivity contribution is -0.161. The summed E-state index contributed by atoms with van der Waals surface area (Å²) in [5.41, 5.74) is 2.08. The van der Waals surface area contributed by atoms with Crippen molar-refractivity contribution in [3.05, 3.63) is 0 Å². The SMILES string of the molecule is N[C@](O)(CO)C(=O)O. The summed E-state index contributed by atoms with van der Waals surface area (Å²) in [6.45, 7) is -0.984. The first kappa shape index (κ1) is 7.35. The average molecular weight is 121 g/mol. The van der Waals surface area contributed by atoms with E-state index in [1.165, 1.54) is 0 Å². The van der Waals surface area contributed by atoms with E-state index in [1.54, 1.807) is 0 Å².